The molecule has 2 N–H and O–H groups in total. The summed E-state index contributed by atoms with van der Waals surface area (Å²) in [4.78, 5) is 0. The summed E-state index contributed by atoms with van der Waals surface area (Å²) in [6.07, 6.45) is -4.75. The van der Waals surface area contributed by atoms with Crippen LogP contribution in [0.25, 0.3) is 0 Å². The average Bonchev–Trinajstić information content (AvgIpc) is 2.07. The van der Waals surface area contributed by atoms with E-state index in [4.69, 9.17) is 17.3 Å². The summed E-state index contributed by atoms with van der Waals surface area (Å²) >= 11 is 5.33. The molecule has 0 radical (unpaired) electrons. The number of nitrogens with two attached hydrogens (primary N) is 1. The van der Waals surface area contributed by atoms with Crippen molar-refractivity contribution in [3.8, 4) is 0 Å². The molecule has 78 valence electrons. The van der Waals surface area contributed by atoms with E-state index in [-0.39, 0.29) is 11.4 Å². The molecule has 0 saturated heterocycles. The second kappa shape index (κ2) is 3.65. The smallest absolute Gasteiger partial charge is 0.396 e. The van der Waals surface area contributed by atoms with Crippen LogP contribution in [0, 0.1) is 5.82 Å². The first-order chi connectivity index (χ1) is 6.36. The van der Waals surface area contributed by atoms with Crippen molar-refractivity contribution in [2.45, 2.75) is 12.1 Å². The monoisotopic (exact) mass is 227 g/mol. The number of halogens is 5. The van der Waals surface area contributed by atoms with Gasteiger partial charge in [-0.25, -0.2) is 4.39 Å². The van der Waals surface area contributed by atoms with Crippen LogP contribution >= 0.6 is 11.6 Å². The quantitative estimate of drug-likeness (QED) is 0.445. The molecule has 0 heterocycles. The van der Waals surface area contributed by atoms with E-state index in [1.54, 1.807) is 0 Å². The summed E-state index contributed by atoms with van der Waals surface area (Å²) in [5, 5.41) is 0. The van der Waals surface area contributed by atoms with Crippen LogP contribution in [0.3, 0.4) is 0 Å². The Labute approximate surface area is 82.5 Å². The maximum absolute atomic E-state index is 12.9. The number of nitrogen functional groups attached to an aromatic ring is 1. The van der Waals surface area contributed by atoms with Crippen LogP contribution < -0.4 is 5.73 Å². The molecule has 0 aliphatic carbocycles. The highest BCUT2D eigenvalue weighted by Gasteiger charge is 2.35. The zero-order valence-corrected chi connectivity index (χ0v) is 7.58. The minimum absolute atomic E-state index is 0.137. The molecule has 0 fully saturated rings. The molecule has 0 saturated carbocycles. The third-order valence-electron chi connectivity index (χ3n) is 1.62. The van der Waals surface area contributed by atoms with Crippen LogP contribution in [-0.4, -0.2) is 0 Å². The number of rotatable bonds is 1. The van der Waals surface area contributed by atoms with E-state index >= 15 is 0 Å². The van der Waals surface area contributed by atoms with Crippen molar-refractivity contribution >= 4 is 17.3 Å². The molecule has 1 rings (SSSR count). The van der Waals surface area contributed by atoms with Gasteiger partial charge in [-0.05, 0) is 17.7 Å². The highest BCUT2D eigenvalue weighted by Crippen LogP contribution is 2.34. The van der Waals surface area contributed by atoms with E-state index in [2.05, 4.69) is 0 Å². The van der Waals surface area contributed by atoms with Gasteiger partial charge in [0.1, 0.15) is 0 Å². The van der Waals surface area contributed by atoms with Gasteiger partial charge in [0.15, 0.2) is 5.82 Å². The van der Waals surface area contributed by atoms with Crippen LogP contribution in [0.15, 0.2) is 12.1 Å². The van der Waals surface area contributed by atoms with Gasteiger partial charge in [0.2, 0.25) is 0 Å². The summed E-state index contributed by atoms with van der Waals surface area (Å²) in [7, 11) is 0. The lowest BCUT2D eigenvalue weighted by atomic mass is 10.1. The minimum Gasteiger partial charge on any atom is -0.396 e. The Morgan fingerprint density at radius 1 is 1.29 bits per heavy atom. The topological polar surface area (TPSA) is 26.0 Å². The van der Waals surface area contributed by atoms with E-state index < -0.39 is 23.2 Å². The zero-order valence-electron chi connectivity index (χ0n) is 6.83. The predicted molar refractivity (Wildman–Crippen MR) is 45.4 cm³/mol. The summed E-state index contributed by atoms with van der Waals surface area (Å²) < 4.78 is 49.5. The molecule has 0 amide bonds. The maximum Gasteiger partial charge on any atom is 0.419 e. The fourth-order valence-electron chi connectivity index (χ4n) is 0.992. The Morgan fingerprint density at radius 2 is 1.86 bits per heavy atom. The first kappa shape index (κ1) is 11.1. The molecular weight excluding hydrogens is 222 g/mol. The Kier molecular flexibility index (Phi) is 2.89. The van der Waals surface area contributed by atoms with E-state index in [9.17, 15) is 17.6 Å². The van der Waals surface area contributed by atoms with Gasteiger partial charge in [0, 0.05) is 5.88 Å². The van der Waals surface area contributed by atoms with Gasteiger partial charge < -0.3 is 5.73 Å². The molecule has 14 heavy (non-hydrogen) atoms. The fraction of sp³-hybridized carbons (Fsp3) is 0.250. The van der Waals surface area contributed by atoms with E-state index in [1.165, 1.54) is 0 Å². The number of anilines is 1. The second-order valence-corrected chi connectivity index (χ2v) is 2.95. The van der Waals surface area contributed by atoms with Crippen molar-refractivity contribution in [2.75, 3.05) is 5.73 Å². The second-order valence-electron chi connectivity index (χ2n) is 2.68. The number of hydrogen-bond donors (Lipinski definition) is 1. The molecule has 0 aliphatic rings. The number of hydrogen-bond acceptors (Lipinski definition) is 1. The van der Waals surface area contributed by atoms with Crippen LogP contribution in [0.5, 0.6) is 0 Å². The highest BCUT2D eigenvalue weighted by molar-refractivity contribution is 6.17. The van der Waals surface area contributed by atoms with Gasteiger partial charge in [0.25, 0.3) is 0 Å². The Bertz CT molecular complexity index is 348. The SMILES string of the molecule is Nc1cc(CCl)cc(C(F)(F)F)c1F. The molecule has 1 aromatic carbocycles. The maximum atomic E-state index is 12.9. The van der Waals surface area contributed by atoms with Crippen molar-refractivity contribution in [3.63, 3.8) is 0 Å². The summed E-state index contributed by atoms with van der Waals surface area (Å²) in [5.41, 5.74) is 3.27. The van der Waals surface area contributed by atoms with Crippen molar-refractivity contribution in [1.29, 1.82) is 0 Å². The lowest BCUT2D eigenvalue weighted by Gasteiger charge is -2.10. The third-order valence-corrected chi connectivity index (χ3v) is 1.93. The zero-order chi connectivity index (χ0) is 10.9. The number of alkyl halides is 4. The molecule has 0 unspecified atom stereocenters. The molecule has 0 bridgehead atoms. The predicted octanol–water partition coefficient (Wildman–Crippen LogP) is 3.17. The van der Waals surface area contributed by atoms with Crippen molar-refractivity contribution in [2.24, 2.45) is 0 Å². The van der Waals surface area contributed by atoms with E-state index in [1.807, 2.05) is 0 Å². The van der Waals surface area contributed by atoms with E-state index in [0.717, 1.165) is 6.07 Å². The normalized spacial score (nSPS) is 11.8. The largest absolute Gasteiger partial charge is 0.419 e. The first-order valence-corrected chi connectivity index (χ1v) is 4.10. The highest BCUT2D eigenvalue weighted by atomic mass is 35.5. The van der Waals surface area contributed by atoms with Gasteiger partial charge in [0.05, 0.1) is 11.3 Å². The molecule has 0 aromatic heterocycles. The lowest BCUT2D eigenvalue weighted by molar-refractivity contribution is -0.139. The van der Waals surface area contributed by atoms with Gasteiger partial charge in [-0.1, -0.05) is 0 Å². The van der Waals surface area contributed by atoms with Crippen molar-refractivity contribution in [1.82, 2.24) is 0 Å². The molecular formula is C8H6ClF4N. The Balaban J connectivity index is 3.35. The Hall–Kier alpha value is -0.970. The molecule has 1 nitrogen and oxygen atoms in total. The third kappa shape index (κ3) is 2.09. The molecule has 1 aromatic rings. The van der Waals surface area contributed by atoms with Crippen LogP contribution in [0.2, 0.25) is 0 Å². The molecule has 0 spiro atoms. The first-order valence-electron chi connectivity index (χ1n) is 3.57. The minimum atomic E-state index is -4.75. The summed E-state index contributed by atoms with van der Waals surface area (Å²) in [5.74, 6) is -1.60. The summed E-state index contributed by atoms with van der Waals surface area (Å²) in [6.45, 7) is 0. The van der Waals surface area contributed by atoms with Gasteiger partial charge in [-0.3, -0.25) is 0 Å². The van der Waals surface area contributed by atoms with Gasteiger partial charge in [-0.15, -0.1) is 11.6 Å². The average molecular weight is 228 g/mol. The van der Waals surface area contributed by atoms with Gasteiger partial charge >= 0.3 is 6.18 Å². The fourth-order valence-corrected chi connectivity index (χ4v) is 1.15. The van der Waals surface area contributed by atoms with E-state index in [0.29, 0.717) is 6.07 Å². The molecule has 6 heteroatoms. The van der Waals surface area contributed by atoms with Crippen molar-refractivity contribution in [3.05, 3.63) is 29.1 Å². The van der Waals surface area contributed by atoms with Crippen molar-refractivity contribution < 1.29 is 17.6 Å². The van der Waals surface area contributed by atoms with Crippen LogP contribution in [-0.2, 0) is 12.1 Å². The van der Waals surface area contributed by atoms with Crippen LogP contribution in [0.1, 0.15) is 11.1 Å². The molecule has 0 aliphatic heterocycles. The lowest BCUT2D eigenvalue weighted by Crippen LogP contribution is -2.10. The summed E-state index contributed by atoms with van der Waals surface area (Å²) in [6, 6.07) is 1.73. The standard InChI is InChI=1S/C8H6ClF4N/c9-3-4-1-5(8(11,12)13)7(10)6(14)2-4/h1-2H,3,14H2. The Morgan fingerprint density at radius 3 is 2.29 bits per heavy atom. The number of benzene rings is 1. The molecule has 0 atom stereocenters. The van der Waals surface area contributed by atoms with Gasteiger partial charge in [-0.2, -0.15) is 13.2 Å². The van der Waals surface area contributed by atoms with Crippen LogP contribution in [0.4, 0.5) is 23.2 Å².